The second-order valence-corrected chi connectivity index (χ2v) is 10.5. The monoisotopic (exact) mass is 587 g/mol. The Labute approximate surface area is 245 Å². The number of esters is 2. The Balaban J connectivity index is 1.39. The number of hydrogen-bond donors (Lipinski definition) is 1. The number of alkyl halides is 1. The van der Waals surface area contributed by atoms with E-state index < -0.39 is 46.8 Å². The van der Waals surface area contributed by atoms with Gasteiger partial charge in [0.2, 0.25) is 0 Å². The molecular weight excluding hydrogens is 562 g/mol. The topological polar surface area (TPSA) is 126 Å². The Morgan fingerprint density at radius 1 is 0.881 bits per heavy atom. The second kappa shape index (κ2) is 12.4. The first-order valence-corrected chi connectivity index (χ1v) is 13.4. The summed E-state index contributed by atoms with van der Waals surface area (Å²) in [6.07, 6.45) is -1.96. The van der Waals surface area contributed by atoms with E-state index in [0.29, 0.717) is 11.1 Å². The van der Waals surface area contributed by atoms with E-state index in [-0.39, 0.29) is 18.0 Å². The molecule has 214 valence electrons. The van der Waals surface area contributed by atoms with Crippen LogP contribution in [0.15, 0.2) is 108 Å². The van der Waals surface area contributed by atoms with Crippen molar-refractivity contribution in [3.05, 3.63) is 130 Å². The summed E-state index contributed by atoms with van der Waals surface area (Å²) in [4.78, 5) is 53.7. The number of amides is 1. The van der Waals surface area contributed by atoms with E-state index in [1.807, 2.05) is 0 Å². The van der Waals surface area contributed by atoms with Crippen LogP contribution >= 0.6 is 11.6 Å². The number of carbonyl (C=O) groups is 3. The number of hydrogen-bond acceptors (Lipinski definition) is 8. The van der Waals surface area contributed by atoms with E-state index in [2.05, 4.69) is 10.3 Å². The quantitative estimate of drug-likeness (QED) is 0.236. The number of nitrogens with one attached hydrogen (secondary N) is 1. The van der Waals surface area contributed by atoms with E-state index in [9.17, 15) is 19.2 Å². The highest BCUT2D eigenvalue weighted by Gasteiger charge is 2.56. The number of carbonyl (C=O) groups excluding carboxylic acids is 3. The van der Waals surface area contributed by atoms with Crippen LogP contribution in [0.1, 0.15) is 44.2 Å². The minimum atomic E-state index is -1.49. The standard InChI is InChI=1S/C31H26ClN3O7/c1-31(32)25(42-28(38)22-15-9-4-10-16-22)23(19-40-27(37)21-13-7-3-8-14-21)41-29(31)35-18-17-24(34-30(35)39)33-26(36)20-11-5-2-6-12-20/h2-18,23,25,29H,19H2,1H3,(H,33,34,36,39)/t23?,25?,29?,31-/m1/s1. The van der Waals surface area contributed by atoms with Crippen LogP contribution < -0.4 is 11.0 Å². The number of ether oxygens (including phenoxy) is 3. The van der Waals surface area contributed by atoms with E-state index in [1.165, 1.54) is 12.3 Å². The van der Waals surface area contributed by atoms with Gasteiger partial charge in [0, 0.05) is 11.8 Å². The maximum Gasteiger partial charge on any atom is 0.351 e. The van der Waals surface area contributed by atoms with Gasteiger partial charge in [0.1, 0.15) is 23.4 Å². The molecule has 11 heteroatoms. The molecule has 3 unspecified atom stereocenters. The lowest BCUT2D eigenvalue weighted by Gasteiger charge is -2.29. The van der Waals surface area contributed by atoms with Gasteiger partial charge in [0.15, 0.2) is 12.3 Å². The number of nitrogens with zero attached hydrogens (tertiary/aromatic N) is 2. The SMILES string of the molecule is C[C@@]1(Cl)C(OC(=O)c2ccccc2)C(COC(=O)c2ccccc2)OC1n1ccc(NC(=O)c2ccccc2)nc1=O. The number of aromatic nitrogens is 2. The summed E-state index contributed by atoms with van der Waals surface area (Å²) in [6.45, 7) is 1.24. The normalized spacial score (nSPS) is 21.3. The fourth-order valence-corrected chi connectivity index (χ4v) is 4.88. The first kappa shape index (κ1) is 28.7. The Morgan fingerprint density at radius 2 is 1.43 bits per heavy atom. The van der Waals surface area contributed by atoms with Crippen LogP contribution in [-0.4, -0.2) is 51.1 Å². The van der Waals surface area contributed by atoms with Gasteiger partial charge in [-0.25, -0.2) is 14.4 Å². The number of halogens is 1. The molecule has 42 heavy (non-hydrogen) atoms. The summed E-state index contributed by atoms with van der Waals surface area (Å²) >= 11 is 6.97. The lowest BCUT2D eigenvalue weighted by Crippen LogP contribution is -2.45. The van der Waals surface area contributed by atoms with Crippen molar-refractivity contribution in [3.8, 4) is 0 Å². The van der Waals surface area contributed by atoms with Crippen LogP contribution in [0.25, 0.3) is 0 Å². The minimum absolute atomic E-state index is 0.0276. The lowest BCUT2D eigenvalue weighted by molar-refractivity contribution is -0.0585. The molecule has 2 heterocycles. The highest BCUT2D eigenvalue weighted by atomic mass is 35.5. The molecule has 0 radical (unpaired) electrons. The highest BCUT2D eigenvalue weighted by Crippen LogP contribution is 2.44. The molecule has 1 aromatic heterocycles. The third-order valence-corrected chi connectivity index (χ3v) is 7.07. The average Bonchev–Trinajstić information content (AvgIpc) is 3.25. The van der Waals surface area contributed by atoms with Gasteiger partial charge in [0.25, 0.3) is 5.91 Å². The summed E-state index contributed by atoms with van der Waals surface area (Å²) in [7, 11) is 0. The molecule has 0 aliphatic carbocycles. The van der Waals surface area contributed by atoms with Crippen molar-refractivity contribution in [2.45, 2.75) is 30.2 Å². The van der Waals surface area contributed by atoms with Crippen LogP contribution in [0.4, 0.5) is 5.82 Å². The van der Waals surface area contributed by atoms with Crippen LogP contribution in [-0.2, 0) is 14.2 Å². The number of rotatable bonds is 8. The van der Waals surface area contributed by atoms with Crippen molar-refractivity contribution < 1.29 is 28.6 Å². The third kappa shape index (κ3) is 6.24. The molecule has 1 aliphatic heterocycles. The van der Waals surface area contributed by atoms with Crippen molar-refractivity contribution in [2.75, 3.05) is 11.9 Å². The molecule has 1 saturated heterocycles. The molecule has 0 saturated carbocycles. The molecular formula is C31H26ClN3O7. The first-order chi connectivity index (χ1) is 20.2. The van der Waals surface area contributed by atoms with Crippen LogP contribution in [0.2, 0.25) is 0 Å². The maximum atomic E-state index is 13.1. The molecule has 1 aliphatic rings. The average molecular weight is 588 g/mol. The van der Waals surface area contributed by atoms with Gasteiger partial charge < -0.3 is 19.5 Å². The van der Waals surface area contributed by atoms with E-state index in [0.717, 1.165) is 4.57 Å². The fraction of sp³-hybridized carbons (Fsp3) is 0.194. The van der Waals surface area contributed by atoms with Gasteiger partial charge in [0.05, 0.1) is 11.1 Å². The largest absolute Gasteiger partial charge is 0.459 e. The molecule has 5 rings (SSSR count). The van der Waals surface area contributed by atoms with Crippen LogP contribution in [0, 0.1) is 0 Å². The maximum absolute atomic E-state index is 13.1. The summed E-state index contributed by atoms with van der Waals surface area (Å²) in [5, 5.41) is 2.58. The Bertz CT molecular complexity index is 1630. The van der Waals surface area contributed by atoms with Gasteiger partial charge in [-0.3, -0.25) is 9.36 Å². The van der Waals surface area contributed by atoms with Gasteiger partial charge in [-0.2, -0.15) is 4.98 Å². The van der Waals surface area contributed by atoms with Gasteiger partial charge in [-0.15, -0.1) is 11.6 Å². The third-order valence-electron chi connectivity index (χ3n) is 6.67. The van der Waals surface area contributed by atoms with Crippen LogP contribution in [0.3, 0.4) is 0 Å². The van der Waals surface area contributed by atoms with Crippen molar-refractivity contribution in [1.82, 2.24) is 9.55 Å². The summed E-state index contributed by atoms with van der Waals surface area (Å²) < 4.78 is 18.5. The molecule has 4 aromatic rings. The molecule has 1 amide bonds. The van der Waals surface area contributed by atoms with Crippen molar-refractivity contribution in [2.24, 2.45) is 0 Å². The highest BCUT2D eigenvalue weighted by molar-refractivity contribution is 6.24. The number of anilines is 1. The predicted molar refractivity (Wildman–Crippen MR) is 153 cm³/mol. The fourth-order valence-electron chi connectivity index (χ4n) is 4.54. The second-order valence-electron chi connectivity index (χ2n) is 9.66. The van der Waals surface area contributed by atoms with Crippen molar-refractivity contribution in [3.63, 3.8) is 0 Å². The van der Waals surface area contributed by atoms with E-state index in [1.54, 1.807) is 97.9 Å². The zero-order chi connectivity index (χ0) is 29.7. The molecule has 10 nitrogen and oxygen atoms in total. The van der Waals surface area contributed by atoms with Crippen LogP contribution in [0.5, 0.6) is 0 Å². The summed E-state index contributed by atoms with van der Waals surface area (Å²) in [5.74, 6) is -1.68. The van der Waals surface area contributed by atoms with Crippen molar-refractivity contribution in [1.29, 1.82) is 0 Å². The molecule has 0 bridgehead atoms. The zero-order valence-corrected chi connectivity index (χ0v) is 23.1. The zero-order valence-electron chi connectivity index (χ0n) is 22.4. The van der Waals surface area contributed by atoms with Gasteiger partial charge in [-0.05, 0) is 49.4 Å². The predicted octanol–water partition coefficient (Wildman–Crippen LogP) is 4.47. The minimum Gasteiger partial charge on any atom is -0.459 e. The Hall–Kier alpha value is -4.80. The Kier molecular flexibility index (Phi) is 8.46. The molecule has 1 N–H and O–H groups in total. The summed E-state index contributed by atoms with van der Waals surface area (Å²) in [6, 6.07) is 26.6. The summed E-state index contributed by atoms with van der Waals surface area (Å²) in [5.41, 5.74) is 0.234. The number of benzene rings is 3. The molecule has 3 aromatic carbocycles. The van der Waals surface area contributed by atoms with Gasteiger partial charge >= 0.3 is 17.6 Å². The lowest BCUT2D eigenvalue weighted by atomic mass is 10.0. The molecule has 1 fully saturated rings. The van der Waals surface area contributed by atoms with Gasteiger partial charge in [-0.1, -0.05) is 54.6 Å². The smallest absolute Gasteiger partial charge is 0.351 e. The first-order valence-electron chi connectivity index (χ1n) is 13.0. The van der Waals surface area contributed by atoms with Crippen molar-refractivity contribution >= 4 is 35.3 Å². The van der Waals surface area contributed by atoms with E-state index >= 15 is 0 Å². The molecule has 4 atom stereocenters. The molecule has 0 spiro atoms. The Morgan fingerprint density at radius 3 is 2.00 bits per heavy atom. The van der Waals surface area contributed by atoms with E-state index in [4.69, 9.17) is 25.8 Å².